The third kappa shape index (κ3) is 4.49. The third-order valence-electron chi connectivity index (χ3n) is 3.10. The summed E-state index contributed by atoms with van der Waals surface area (Å²) in [7, 11) is 0. The number of aromatic nitrogens is 4. The highest BCUT2D eigenvalue weighted by molar-refractivity contribution is 9.10. The maximum atomic E-state index is 12.0. The van der Waals surface area contributed by atoms with Gasteiger partial charge in [-0.3, -0.25) is 4.79 Å². The molecule has 0 fully saturated rings. The third-order valence-corrected chi connectivity index (χ3v) is 4.46. The first-order valence-corrected chi connectivity index (χ1v) is 8.72. The van der Waals surface area contributed by atoms with Gasteiger partial charge in [0.2, 0.25) is 5.16 Å². The maximum absolute atomic E-state index is 12.0. The van der Waals surface area contributed by atoms with Gasteiger partial charge >= 0.3 is 0 Å². The highest BCUT2D eigenvalue weighted by Gasteiger charge is 2.09. The van der Waals surface area contributed by atoms with Gasteiger partial charge < -0.3 is 0 Å². The Bertz CT molecular complexity index is 789. The van der Waals surface area contributed by atoms with Crippen molar-refractivity contribution < 1.29 is 4.79 Å². The average molecular weight is 389 g/mol. The Kier molecular flexibility index (Phi) is 5.19. The Morgan fingerprint density at radius 2 is 1.83 bits per heavy atom. The second kappa shape index (κ2) is 7.52. The number of rotatable bonds is 6. The number of hydrogen-bond acceptors (Lipinski definition) is 5. The van der Waals surface area contributed by atoms with E-state index in [1.54, 1.807) is 12.1 Å². The molecule has 0 aliphatic rings. The largest absolute Gasteiger partial charge is 0.293 e. The number of nitrogens with zero attached hydrogens (tertiary/aromatic N) is 4. The molecule has 5 nitrogen and oxygen atoms in total. The molecule has 0 amide bonds. The SMILES string of the molecule is O=C(CSc1nnn(Cc2ccc(Br)cc2)n1)c1ccccc1. The van der Waals surface area contributed by atoms with Crippen LogP contribution in [0, 0.1) is 0 Å². The van der Waals surface area contributed by atoms with Crippen LogP contribution >= 0.6 is 27.7 Å². The minimum absolute atomic E-state index is 0.0554. The van der Waals surface area contributed by atoms with Crippen LogP contribution in [-0.4, -0.2) is 31.7 Å². The summed E-state index contributed by atoms with van der Waals surface area (Å²) in [6.45, 7) is 0.549. The van der Waals surface area contributed by atoms with Gasteiger partial charge in [0.25, 0.3) is 0 Å². The minimum atomic E-state index is 0.0554. The molecule has 23 heavy (non-hydrogen) atoms. The van der Waals surface area contributed by atoms with E-state index in [1.807, 2.05) is 42.5 Å². The summed E-state index contributed by atoms with van der Waals surface area (Å²) in [5, 5.41) is 12.8. The van der Waals surface area contributed by atoms with Crippen LogP contribution in [0.2, 0.25) is 0 Å². The number of Topliss-reactive ketones (excluding diaryl/α,β-unsaturated/α-hetero) is 1. The van der Waals surface area contributed by atoms with Crippen LogP contribution in [0.1, 0.15) is 15.9 Å². The van der Waals surface area contributed by atoms with E-state index >= 15 is 0 Å². The fourth-order valence-corrected chi connectivity index (χ4v) is 2.88. The van der Waals surface area contributed by atoms with E-state index < -0.39 is 0 Å². The zero-order valence-electron chi connectivity index (χ0n) is 12.1. The zero-order valence-corrected chi connectivity index (χ0v) is 14.5. The summed E-state index contributed by atoms with van der Waals surface area (Å²) in [6.07, 6.45) is 0. The standard InChI is InChI=1S/C16H13BrN4OS/c17-14-8-6-12(7-9-14)10-21-19-16(18-20-21)23-11-15(22)13-4-2-1-3-5-13/h1-9H,10-11H2. The van der Waals surface area contributed by atoms with Crippen molar-refractivity contribution in [1.29, 1.82) is 0 Å². The van der Waals surface area contributed by atoms with Crippen LogP contribution in [0.25, 0.3) is 0 Å². The molecule has 0 aliphatic carbocycles. The molecule has 0 N–H and O–H groups in total. The molecule has 3 rings (SSSR count). The van der Waals surface area contributed by atoms with E-state index in [0.29, 0.717) is 23.0 Å². The van der Waals surface area contributed by atoms with E-state index in [9.17, 15) is 4.79 Å². The predicted molar refractivity (Wildman–Crippen MR) is 92.6 cm³/mol. The van der Waals surface area contributed by atoms with Gasteiger partial charge in [-0.2, -0.15) is 4.80 Å². The van der Waals surface area contributed by atoms with Crippen molar-refractivity contribution in [2.75, 3.05) is 5.75 Å². The van der Waals surface area contributed by atoms with E-state index in [0.717, 1.165) is 10.0 Å². The van der Waals surface area contributed by atoms with Crippen molar-refractivity contribution in [3.63, 3.8) is 0 Å². The molecule has 0 aliphatic heterocycles. The summed E-state index contributed by atoms with van der Waals surface area (Å²) in [5.74, 6) is 0.355. The second-order valence-corrected chi connectivity index (χ2v) is 6.66. The van der Waals surface area contributed by atoms with Crippen LogP contribution < -0.4 is 0 Å². The number of carbonyl (C=O) groups excluding carboxylic acids is 1. The number of tetrazole rings is 1. The van der Waals surface area contributed by atoms with Gasteiger partial charge in [-0.25, -0.2) is 0 Å². The first-order valence-electron chi connectivity index (χ1n) is 6.94. The van der Waals surface area contributed by atoms with Gasteiger partial charge in [-0.05, 0) is 22.9 Å². The Morgan fingerprint density at radius 1 is 1.09 bits per heavy atom. The van der Waals surface area contributed by atoms with Crippen molar-refractivity contribution in [3.8, 4) is 0 Å². The molecule has 0 saturated heterocycles. The molecule has 116 valence electrons. The van der Waals surface area contributed by atoms with Crippen LogP contribution in [0.15, 0.2) is 64.2 Å². The van der Waals surface area contributed by atoms with E-state index in [1.165, 1.54) is 16.6 Å². The van der Waals surface area contributed by atoms with Gasteiger partial charge in [0.1, 0.15) is 0 Å². The lowest BCUT2D eigenvalue weighted by Gasteiger charge is -1.99. The lowest BCUT2D eigenvalue weighted by Crippen LogP contribution is -2.04. The fourth-order valence-electron chi connectivity index (χ4n) is 1.94. The van der Waals surface area contributed by atoms with Crippen molar-refractivity contribution in [2.45, 2.75) is 11.7 Å². The summed E-state index contributed by atoms with van der Waals surface area (Å²) in [4.78, 5) is 13.6. The molecule has 0 radical (unpaired) electrons. The molecule has 0 atom stereocenters. The lowest BCUT2D eigenvalue weighted by atomic mass is 10.2. The number of hydrogen-bond donors (Lipinski definition) is 0. The molecule has 0 saturated carbocycles. The molecule has 0 unspecified atom stereocenters. The second-order valence-electron chi connectivity index (χ2n) is 4.81. The summed E-state index contributed by atoms with van der Waals surface area (Å²) >= 11 is 4.70. The quantitative estimate of drug-likeness (QED) is 0.477. The average Bonchev–Trinajstić information content (AvgIpc) is 3.03. The smallest absolute Gasteiger partial charge is 0.231 e. The maximum Gasteiger partial charge on any atom is 0.231 e. The van der Waals surface area contributed by atoms with Crippen molar-refractivity contribution >= 4 is 33.5 Å². The van der Waals surface area contributed by atoms with Gasteiger partial charge in [-0.15, -0.1) is 10.2 Å². The number of thioether (sulfide) groups is 1. The lowest BCUT2D eigenvalue weighted by molar-refractivity contribution is 0.102. The Morgan fingerprint density at radius 3 is 2.57 bits per heavy atom. The highest BCUT2D eigenvalue weighted by atomic mass is 79.9. The minimum Gasteiger partial charge on any atom is -0.293 e. The highest BCUT2D eigenvalue weighted by Crippen LogP contribution is 2.15. The molecule has 0 bridgehead atoms. The normalized spacial score (nSPS) is 10.7. The first-order chi connectivity index (χ1) is 11.2. The van der Waals surface area contributed by atoms with Crippen LogP contribution in [0.4, 0.5) is 0 Å². The predicted octanol–water partition coefficient (Wildman–Crippen LogP) is 3.46. The molecule has 0 spiro atoms. The summed E-state index contributed by atoms with van der Waals surface area (Å²) in [5.41, 5.74) is 1.78. The molecule has 3 aromatic rings. The van der Waals surface area contributed by atoms with E-state index in [-0.39, 0.29) is 5.78 Å². The topological polar surface area (TPSA) is 60.7 Å². The number of benzene rings is 2. The van der Waals surface area contributed by atoms with Crippen molar-refractivity contribution in [1.82, 2.24) is 20.2 Å². The molecule has 7 heteroatoms. The number of carbonyl (C=O) groups is 1. The Hall–Kier alpha value is -1.99. The molecular weight excluding hydrogens is 376 g/mol. The van der Waals surface area contributed by atoms with Gasteiger partial charge in [0.05, 0.1) is 12.3 Å². The zero-order chi connectivity index (χ0) is 16.1. The van der Waals surface area contributed by atoms with Crippen LogP contribution in [-0.2, 0) is 6.54 Å². The summed E-state index contributed by atoms with van der Waals surface area (Å²) < 4.78 is 1.03. The molecule has 1 aromatic heterocycles. The number of ketones is 1. The number of halogens is 1. The van der Waals surface area contributed by atoms with Crippen molar-refractivity contribution in [3.05, 3.63) is 70.2 Å². The van der Waals surface area contributed by atoms with Crippen molar-refractivity contribution in [2.24, 2.45) is 0 Å². The van der Waals surface area contributed by atoms with Gasteiger partial charge in [0, 0.05) is 10.0 Å². The van der Waals surface area contributed by atoms with Gasteiger partial charge in [0.15, 0.2) is 5.78 Å². The fraction of sp³-hybridized carbons (Fsp3) is 0.125. The first kappa shape index (κ1) is 15.9. The molecule has 1 heterocycles. The van der Waals surface area contributed by atoms with Crippen LogP contribution in [0.5, 0.6) is 0 Å². The summed E-state index contributed by atoms with van der Waals surface area (Å²) in [6, 6.07) is 17.1. The van der Waals surface area contributed by atoms with Crippen LogP contribution in [0.3, 0.4) is 0 Å². The van der Waals surface area contributed by atoms with Gasteiger partial charge in [-0.1, -0.05) is 70.2 Å². The molecular formula is C16H13BrN4OS. The monoisotopic (exact) mass is 388 g/mol. The van der Waals surface area contributed by atoms with E-state index in [4.69, 9.17) is 0 Å². The Balaban J connectivity index is 1.57. The van der Waals surface area contributed by atoms with E-state index in [2.05, 4.69) is 31.3 Å². The Labute approximate surface area is 146 Å². The molecule has 2 aromatic carbocycles.